The van der Waals surface area contributed by atoms with E-state index in [1.165, 1.54) is 0 Å². The van der Waals surface area contributed by atoms with Gasteiger partial charge in [-0.2, -0.15) is 23.9 Å². The molecule has 1 aromatic carbocycles. The fourth-order valence-corrected chi connectivity index (χ4v) is 0.321. The minimum Gasteiger partial charge on any atom is -0.525 e. The maximum Gasteiger partial charge on any atom is 2.00 e. The van der Waals surface area contributed by atoms with Crippen molar-refractivity contribution in [2.75, 3.05) is 0 Å². The molecule has 50 valence electrons. The molecule has 0 aliphatic heterocycles. The molecule has 0 saturated carbocycles. The van der Waals surface area contributed by atoms with Crippen molar-refractivity contribution in [3.05, 3.63) is 30.3 Å². The number of rotatable bonds is 0. The van der Waals surface area contributed by atoms with Gasteiger partial charge in [-0.05, 0) is 0 Å². The Morgan fingerprint density at radius 2 is 1.67 bits per heavy atom. The Kier molecular flexibility index (Phi) is 14.1. The van der Waals surface area contributed by atoms with Crippen molar-refractivity contribution in [1.29, 1.82) is 0 Å². The van der Waals surface area contributed by atoms with E-state index in [-0.39, 0.29) is 19.5 Å². The smallest absolute Gasteiger partial charge is 0.525 e. The summed E-state index contributed by atoms with van der Waals surface area (Å²) in [5.41, 5.74) is 0. The molecular weight excluding hydrogens is 225 g/mol. The molecule has 0 unspecified atom stereocenters. The molecule has 1 nitrogen and oxygen atoms in total. The fraction of sp³-hybridized carbons (Fsp3) is 0. The molecule has 3 heteroatoms. The van der Waals surface area contributed by atoms with Crippen molar-refractivity contribution in [3.8, 4) is 0 Å². The first-order chi connectivity index (χ1) is 3.91. The monoisotopic (exact) mass is 230 g/mol. The summed E-state index contributed by atoms with van der Waals surface area (Å²) < 4.78 is 0. The summed E-state index contributed by atoms with van der Waals surface area (Å²) in [5, 5.41) is 0. The Morgan fingerprint density at radius 3 is 1.78 bits per heavy atom. The molecule has 0 fully saturated rings. The molecule has 0 heterocycles. The molecular formula is C6H5ClORu. The van der Waals surface area contributed by atoms with Gasteiger partial charge in [-0.15, -0.1) is 0 Å². The van der Waals surface area contributed by atoms with Crippen molar-refractivity contribution < 1.29 is 24.3 Å². The Hall–Kier alpha value is -0.0666. The van der Waals surface area contributed by atoms with Crippen LogP contribution in [0.2, 0.25) is 0 Å². The molecule has 0 saturated heterocycles. The summed E-state index contributed by atoms with van der Waals surface area (Å²) in [6.45, 7) is 0. The van der Waals surface area contributed by atoms with Crippen LogP contribution in [0.5, 0.6) is 0 Å². The van der Waals surface area contributed by atoms with Gasteiger partial charge in [0.15, 0.2) is 0 Å². The second-order valence-electron chi connectivity index (χ2n) is 1.04. The largest absolute Gasteiger partial charge is 2.00 e. The zero-order chi connectivity index (χ0) is 6.24. The van der Waals surface area contributed by atoms with Crippen LogP contribution in [0.25, 0.3) is 0 Å². The van der Waals surface area contributed by atoms with Gasteiger partial charge < -0.3 is 16.4 Å². The second-order valence-corrected chi connectivity index (χ2v) is 1.19. The number of hydrogen-bond donors (Lipinski definition) is 0. The van der Waals surface area contributed by atoms with E-state index < -0.39 is 0 Å². The SMILES string of the molecule is O=[C-]Cl.[Ru+2].c1cc[cH-]c1. The molecule has 0 aromatic heterocycles. The summed E-state index contributed by atoms with van der Waals surface area (Å²) in [6, 6.07) is 10.0. The fourth-order valence-electron chi connectivity index (χ4n) is 0.321. The average molecular weight is 230 g/mol. The summed E-state index contributed by atoms with van der Waals surface area (Å²) in [5.74, 6) is 0.972. The number of hydrogen-bond acceptors (Lipinski definition) is 1. The van der Waals surface area contributed by atoms with Crippen LogP contribution in [0.4, 0.5) is 0 Å². The van der Waals surface area contributed by atoms with Crippen LogP contribution in [-0.4, -0.2) is 5.75 Å². The topological polar surface area (TPSA) is 17.1 Å². The molecule has 0 spiro atoms. The van der Waals surface area contributed by atoms with Gasteiger partial charge in [0.1, 0.15) is 0 Å². The molecule has 1 aromatic rings. The molecule has 0 aliphatic rings. The van der Waals surface area contributed by atoms with Crippen molar-refractivity contribution in [1.82, 2.24) is 0 Å². The third-order valence-electron chi connectivity index (χ3n) is 0.556. The van der Waals surface area contributed by atoms with Gasteiger partial charge in [-0.3, -0.25) is 0 Å². The van der Waals surface area contributed by atoms with Crippen LogP contribution < -0.4 is 0 Å². The van der Waals surface area contributed by atoms with Crippen molar-refractivity contribution in [2.45, 2.75) is 0 Å². The predicted molar refractivity (Wildman–Crippen MR) is 33.6 cm³/mol. The standard InChI is InChI=1S/C5H5.CClO.Ru/c1-2-4-5-3-1;2-1-3;/h1-5H;;/q2*-1;+2. The second kappa shape index (κ2) is 10.8. The first-order valence-corrected chi connectivity index (χ1v) is 2.44. The minimum atomic E-state index is 0. The van der Waals surface area contributed by atoms with E-state index in [1.807, 2.05) is 30.3 Å². The molecule has 0 radical (unpaired) electrons. The first-order valence-electron chi connectivity index (χ1n) is 2.06. The predicted octanol–water partition coefficient (Wildman–Crippen LogP) is 1.70. The Bertz CT molecular complexity index is 99.4. The Balaban J connectivity index is 0. The molecule has 0 aliphatic carbocycles. The number of halogens is 1. The van der Waals surface area contributed by atoms with Crippen LogP contribution in [-0.2, 0) is 24.3 Å². The molecule has 0 atom stereocenters. The van der Waals surface area contributed by atoms with Crippen LogP contribution in [0.1, 0.15) is 0 Å². The normalized spacial score (nSPS) is 5.89. The van der Waals surface area contributed by atoms with Gasteiger partial charge >= 0.3 is 19.5 Å². The summed E-state index contributed by atoms with van der Waals surface area (Å²) in [4.78, 5) is 8.45. The molecule has 0 N–H and O–H groups in total. The minimum absolute atomic E-state index is 0. The van der Waals surface area contributed by atoms with Crippen molar-refractivity contribution in [2.24, 2.45) is 0 Å². The Labute approximate surface area is 72.1 Å². The maximum atomic E-state index is 8.45. The number of carbonyl (C=O) groups excluding carboxylic acids is 1. The van der Waals surface area contributed by atoms with Crippen molar-refractivity contribution >= 4 is 17.3 Å². The van der Waals surface area contributed by atoms with E-state index >= 15 is 0 Å². The Morgan fingerprint density at radius 1 is 1.33 bits per heavy atom. The maximum absolute atomic E-state index is 8.45. The molecule has 0 amide bonds. The van der Waals surface area contributed by atoms with E-state index in [0.717, 1.165) is 5.75 Å². The van der Waals surface area contributed by atoms with Crippen LogP contribution >= 0.6 is 11.6 Å². The van der Waals surface area contributed by atoms with Gasteiger partial charge in [0.2, 0.25) is 0 Å². The molecule has 0 bridgehead atoms. The summed E-state index contributed by atoms with van der Waals surface area (Å²) in [7, 11) is 0. The van der Waals surface area contributed by atoms with Gasteiger partial charge in [0, 0.05) is 0 Å². The van der Waals surface area contributed by atoms with E-state index in [0.29, 0.717) is 0 Å². The summed E-state index contributed by atoms with van der Waals surface area (Å²) >= 11 is 4.19. The zero-order valence-corrected chi connectivity index (χ0v) is 7.02. The van der Waals surface area contributed by atoms with E-state index in [1.54, 1.807) is 0 Å². The molecule has 1 rings (SSSR count). The molecule has 9 heavy (non-hydrogen) atoms. The van der Waals surface area contributed by atoms with E-state index in [2.05, 4.69) is 11.6 Å². The zero-order valence-electron chi connectivity index (χ0n) is 4.53. The van der Waals surface area contributed by atoms with Crippen LogP contribution in [0, 0.1) is 0 Å². The first kappa shape index (κ1) is 11.7. The average Bonchev–Trinajstić information content (AvgIpc) is 2.17. The third-order valence-corrected chi connectivity index (χ3v) is 0.556. The third kappa shape index (κ3) is 11.5. The van der Waals surface area contributed by atoms with Gasteiger partial charge in [-0.25, -0.2) is 12.1 Å². The van der Waals surface area contributed by atoms with Gasteiger partial charge in [0.05, 0.1) is 0 Å². The van der Waals surface area contributed by atoms with Gasteiger partial charge in [-0.1, -0.05) is 0 Å². The van der Waals surface area contributed by atoms with Crippen LogP contribution in [0.15, 0.2) is 30.3 Å². The van der Waals surface area contributed by atoms with Gasteiger partial charge in [0.25, 0.3) is 0 Å². The summed E-state index contributed by atoms with van der Waals surface area (Å²) in [6.07, 6.45) is 0. The van der Waals surface area contributed by atoms with Crippen LogP contribution in [0.3, 0.4) is 0 Å². The van der Waals surface area contributed by atoms with Crippen molar-refractivity contribution in [3.63, 3.8) is 0 Å². The van der Waals surface area contributed by atoms with E-state index in [4.69, 9.17) is 4.79 Å². The quantitative estimate of drug-likeness (QED) is 0.376. The van der Waals surface area contributed by atoms with E-state index in [9.17, 15) is 0 Å².